The number of amides is 5. The summed E-state index contributed by atoms with van der Waals surface area (Å²) in [5.41, 5.74) is 1.36. The van der Waals surface area contributed by atoms with Crippen molar-refractivity contribution in [1.82, 2.24) is 20.4 Å². The van der Waals surface area contributed by atoms with Gasteiger partial charge in [0, 0.05) is 67.3 Å². The van der Waals surface area contributed by atoms with Gasteiger partial charge in [-0.3, -0.25) is 39.1 Å². The highest BCUT2D eigenvalue weighted by atomic mass is 19.4. The summed E-state index contributed by atoms with van der Waals surface area (Å²) in [6.07, 6.45) is -3.08. The average Bonchev–Trinajstić information content (AvgIpc) is 3.70. The zero-order valence-corrected chi connectivity index (χ0v) is 33.2. The van der Waals surface area contributed by atoms with E-state index in [-0.39, 0.29) is 30.5 Å². The van der Waals surface area contributed by atoms with Crippen molar-refractivity contribution in [3.8, 4) is 11.8 Å². The molecule has 3 fully saturated rings. The van der Waals surface area contributed by atoms with Crippen molar-refractivity contribution in [3.05, 3.63) is 93.5 Å². The third kappa shape index (κ3) is 7.11. The van der Waals surface area contributed by atoms with E-state index in [0.29, 0.717) is 35.7 Å². The van der Waals surface area contributed by atoms with E-state index < -0.39 is 63.9 Å². The number of fused-ring (bicyclic) bond motifs is 2. The molecule has 3 aromatic rings. The third-order valence-corrected chi connectivity index (χ3v) is 13.0. The second kappa shape index (κ2) is 14.5. The molecule has 1 aliphatic carbocycles. The Kier molecular flexibility index (Phi) is 9.85. The van der Waals surface area contributed by atoms with Crippen molar-refractivity contribution in [2.45, 2.75) is 90.8 Å². The second-order valence-corrected chi connectivity index (χ2v) is 17.6. The molecular weight excluding hydrogens is 766 g/mol. The lowest BCUT2D eigenvalue weighted by Crippen LogP contribution is -2.74. The number of carbonyl (C=O) groups excluding carboxylic acids is 5. The predicted molar refractivity (Wildman–Crippen MR) is 208 cm³/mol. The smallest absolute Gasteiger partial charge is 0.417 e. The fraction of sp³-hybridized carbons (Fsp3) is 0.455. The minimum atomic E-state index is -4.70. The van der Waals surface area contributed by atoms with Crippen LogP contribution in [-0.4, -0.2) is 77.2 Å². The van der Waals surface area contributed by atoms with Crippen molar-refractivity contribution in [1.29, 1.82) is 5.26 Å². The molecule has 12 nitrogen and oxygen atoms in total. The number of alkyl halides is 3. The van der Waals surface area contributed by atoms with Gasteiger partial charge in [0.2, 0.25) is 11.8 Å². The molecule has 0 radical (unpaired) electrons. The Morgan fingerprint density at radius 2 is 1.51 bits per heavy atom. The molecule has 5 aliphatic rings. The Hall–Kier alpha value is -5.75. The zero-order valence-electron chi connectivity index (χ0n) is 33.2. The van der Waals surface area contributed by atoms with Gasteiger partial charge in [-0.2, -0.15) is 18.4 Å². The maximum atomic E-state index is 13.6. The van der Waals surface area contributed by atoms with Crippen molar-refractivity contribution in [2.75, 3.05) is 24.5 Å². The maximum Gasteiger partial charge on any atom is 0.417 e. The van der Waals surface area contributed by atoms with Crippen molar-refractivity contribution in [3.63, 3.8) is 0 Å². The molecule has 0 spiro atoms. The van der Waals surface area contributed by atoms with Gasteiger partial charge in [-0.25, -0.2) is 0 Å². The highest BCUT2D eigenvalue weighted by molar-refractivity contribution is 6.23. The first-order valence-corrected chi connectivity index (χ1v) is 19.9. The van der Waals surface area contributed by atoms with Gasteiger partial charge in [-0.05, 0) is 90.9 Å². The van der Waals surface area contributed by atoms with E-state index in [1.165, 1.54) is 6.07 Å². The lowest BCUT2D eigenvalue weighted by Gasteiger charge is -2.63. The number of nitrogens with one attached hydrogen (secondary N) is 2. The van der Waals surface area contributed by atoms with Crippen LogP contribution in [0.4, 0.5) is 18.9 Å². The van der Waals surface area contributed by atoms with E-state index in [1.807, 2.05) is 39.8 Å². The van der Waals surface area contributed by atoms with Crippen LogP contribution in [0.3, 0.4) is 0 Å². The molecule has 0 aromatic heterocycles. The van der Waals surface area contributed by atoms with Crippen molar-refractivity contribution >= 4 is 35.2 Å². The van der Waals surface area contributed by atoms with Crippen molar-refractivity contribution in [2.24, 2.45) is 16.7 Å². The number of nitrogens with zero attached hydrogens (tertiary/aromatic N) is 4. The van der Waals surface area contributed by atoms with Crippen LogP contribution in [-0.2, 0) is 28.9 Å². The number of ether oxygens (including phenoxy) is 1. The number of anilines is 1. The summed E-state index contributed by atoms with van der Waals surface area (Å²) in [4.78, 5) is 69.8. The SMILES string of the molecule is CC1(C)C(NC(=O)c2ccc(N3CCC(CN4Cc5cc6c(cc5C4)C(=O)N(C4CCC(=O)NC4=O)C6=O)CC3)cc2)C(C)(C)C1Oc1ccc(C#N)c(C(F)(F)F)c1. The quantitative estimate of drug-likeness (QED) is 0.268. The molecule has 4 aliphatic heterocycles. The van der Waals surface area contributed by atoms with Crippen LogP contribution in [0.15, 0.2) is 54.6 Å². The molecule has 0 bridgehead atoms. The number of rotatable bonds is 8. The molecule has 4 heterocycles. The molecule has 3 aromatic carbocycles. The summed E-state index contributed by atoms with van der Waals surface area (Å²) < 4.78 is 46.9. The summed E-state index contributed by atoms with van der Waals surface area (Å²) in [5, 5.41) is 14.5. The third-order valence-electron chi connectivity index (χ3n) is 13.0. The summed E-state index contributed by atoms with van der Waals surface area (Å²) in [7, 11) is 0. The maximum absolute atomic E-state index is 13.6. The lowest BCUT2D eigenvalue weighted by atomic mass is 9.49. The number of piperidine rings is 2. The summed E-state index contributed by atoms with van der Waals surface area (Å²) in [6, 6.07) is 14.7. The van der Waals surface area contributed by atoms with E-state index in [9.17, 15) is 37.1 Å². The topological polar surface area (TPSA) is 152 Å². The van der Waals surface area contributed by atoms with E-state index in [0.717, 1.165) is 66.3 Å². The van der Waals surface area contributed by atoms with Crippen LogP contribution in [0.1, 0.15) is 107 Å². The lowest BCUT2D eigenvalue weighted by molar-refractivity contribution is -0.164. The Labute approximate surface area is 339 Å². The number of hydrogen-bond donors (Lipinski definition) is 2. The van der Waals surface area contributed by atoms with Crippen LogP contribution in [0, 0.1) is 28.1 Å². The molecule has 8 rings (SSSR count). The van der Waals surface area contributed by atoms with Gasteiger partial charge in [-0.1, -0.05) is 27.7 Å². The molecule has 59 heavy (non-hydrogen) atoms. The molecule has 2 N–H and O–H groups in total. The summed E-state index contributed by atoms with van der Waals surface area (Å²) in [6.45, 7) is 11.5. The number of hydrogen-bond acceptors (Lipinski definition) is 9. The van der Waals surface area contributed by atoms with E-state index >= 15 is 0 Å². The first-order chi connectivity index (χ1) is 27.9. The Balaban J connectivity index is 0.825. The van der Waals surface area contributed by atoms with Gasteiger partial charge < -0.3 is 15.0 Å². The number of benzene rings is 3. The fourth-order valence-electron chi connectivity index (χ4n) is 10.2. The molecular formula is C44H45F3N6O6. The van der Waals surface area contributed by atoms with E-state index in [1.54, 1.807) is 30.3 Å². The van der Waals surface area contributed by atoms with E-state index in [4.69, 9.17) is 10.00 Å². The number of nitriles is 1. The highest BCUT2D eigenvalue weighted by Crippen LogP contribution is 2.56. The minimum absolute atomic E-state index is 0.0108. The summed E-state index contributed by atoms with van der Waals surface area (Å²) in [5.74, 6) is -1.81. The van der Waals surface area contributed by atoms with Crippen LogP contribution >= 0.6 is 0 Å². The molecule has 1 saturated carbocycles. The standard InChI is InChI=1S/C44H45F3N6O6/c1-42(2)40(43(3,4)41(42)59-30-10-7-26(20-48)33(19-30)44(45,46)47)50-36(55)25-5-8-29(9-6-25)52-15-13-24(14-16-52)21-51-22-27-17-31-32(18-28(27)23-51)39(58)53(38(31)57)34-11-12-35(54)49-37(34)56/h5-10,17-19,24,34,40-41H,11-16,21-23H2,1-4H3,(H,50,55)(H,49,54,56). The molecule has 1 atom stereocenters. The zero-order chi connectivity index (χ0) is 42.2. The largest absolute Gasteiger partial charge is 0.489 e. The monoisotopic (exact) mass is 810 g/mol. The van der Waals surface area contributed by atoms with Crippen LogP contribution < -0.4 is 20.3 Å². The van der Waals surface area contributed by atoms with Gasteiger partial charge in [0.05, 0.1) is 28.3 Å². The van der Waals surface area contributed by atoms with Crippen LogP contribution in [0.25, 0.3) is 0 Å². The molecule has 15 heteroatoms. The van der Waals surface area contributed by atoms with Gasteiger partial charge >= 0.3 is 6.18 Å². The first kappa shape index (κ1) is 40.0. The fourth-order valence-corrected chi connectivity index (χ4v) is 10.2. The highest BCUT2D eigenvalue weighted by Gasteiger charge is 2.64. The van der Waals surface area contributed by atoms with Gasteiger partial charge in [0.1, 0.15) is 17.9 Å². The molecule has 308 valence electrons. The number of carbonyl (C=O) groups is 5. The molecule has 5 amide bonds. The van der Waals surface area contributed by atoms with Crippen LogP contribution in [0.5, 0.6) is 5.75 Å². The van der Waals surface area contributed by atoms with Gasteiger partial charge in [0.15, 0.2) is 0 Å². The normalized spacial score (nSPS) is 23.9. The van der Waals surface area contributed by atoms with Crippen LogP contribution in [0.2, 0.25) is 0 Å². The summed E-state index contributed by atoms with van der Waals surface area (Å²) >= 11 is 0. The Morgan fingerprint density at radius 1 is 0.898 bits per heavy atom. The first-order valence-electron chi connectivity index (χ1n) is 19.9. The van der Waals surface area contributed by atoms with Gasteiger partial charge in [-0.15, -0.1) is 0 Å². The predicted octanol–water partition coefficient (Wildman–Crippen LogP) is 5.82. The number of imide groups is 2. The minimum Gasteiger partial charge on any atom is -0.489 e. The molecule has 1 unspecified atom stereocenters. The molecule has 2 saturated heterocycles. The second-order valence-electron chi connectivity index (χ2n) is 17.6. The van der Waals surface area contributed by atoms with Crippen molar-refractivity contribution < 1.29 is 41.9 Å². The van der Waals surface area contributed by atoms with Gasteiger partial charge in [0.25, 0.3) is 17.7 Å². The Morgan fingerprint density at radius 3 is 2.07 bits per heavy atom. The number of halogens is 3. The average molecular weight is 811 g/mol. The van der Waals surface area contributed by atoms with E-state index in [2.05, 4.69) is 20.4 Å². The Bertz CT molecular complexity index is 2250.